The minimum atomic E-state index is -0.662. The van der Waals surface area contributed by atoms with Crippen LogP contribution in [0, 0.1) is 12.8 Å². The van der Waals surface area contributed by atoms with E-state index >= 15 is 0 Å². The molecule has 2 atom stereocenters. The van der Waals surface area contributed by atoms with Gasteiger partial charge in [-0.2, -0.15) is 0 Å². The number of rotatable bonds is 3. The van der Waals surface area contributed by atoms with Crippen molar-refractivity contribution < 1.29 is 9.59 Å². The molecule has 30 heavy (non-hydrogen) atoms. The molecule has 2 amide bonds. The number of nitrogens with one attached hydrogen (secondary N) is 1. The fraction of sp³-hybridized carbons (Fsp3) is 0.435. The van der Waals surface area contributed by atoms with Crippen molar-refractivity contribution in [2.45, 2.75) is 39.2 Å². The summed E-state index contributed by atoms with van der Waals surface area (Å²) in [6.45, 7) is 6.50. The molecule has 7 nitrogen and oxygen atoms in total. The maximum Gasteiger partial charge on any atom is 0.313 e. The molecule has 0 spiro atoms. The second-order valence-electron chi connectivity index (χ2n) is 8.66. The van der Waals surface area contributed by atoms with Crippen molar-refractivity contribution in [2.24, 2.45) is 5.92 Å². The molecule has 3 rings (SSSR count). The molecule has 0 radical (unpaired) electrons. The highest BCUT2D eigenvalue weighted by molar-refractivity contribution is 6.39. The van der Waals surface area contributed by atoms with Gasteiger partial charge in [-0.3, -0.25) is 9.59 Å². The van der Waals surface area contributed by atoms with Crippen LogP contribution in [0.5, 0.6) is 0 Å². The minimum absolute atomic E-state index is 0.326. The molecular weight excluding hydrogens is 378 g/mol. The third kappa shape index (κ3) is 4.25. The van der Waals surface area contributed by atoms with E-state index < -0.39 is 17.4 Å². The summed E-state index contributed by atoms with van der Waals surface area (Å²) < 4.78 is 0. The molecule has 1 fully saturated rings. The Morgan fingerprint density at radius 2 is 2.03 bits per heavy atom. The van der Waals surface area contributed by atoms with Gasteiger partial charge in [0.25, 0.3) is 0 Å². The summed E-state index contributed by atoms with van der Waals surface area (Å²) in [5.41, 5.74) is 8.49. The minimum Gasteiger partial charge on any atom is -0.383 e. The molecule has 1 aliphatic rings. The smallest absolute Gasteiger partial charge is 0.313 e. The van der Waals surface area contributed by atoms with Crippen LogP contribution in [0.4, 0.5) is 17.2 Å². The lowest BCUT2D eigenvalue weighted by atomic mass is 9.78. The SMILES string of the molecule is Cc1cc(NC(=O)C(=O)N2C[C@@H](C)CC[C@@]2(C)c2cccc(N(C)C)c2)cnc1N. The Balaban J connectivity index is 1.89. The maximum absolute atomic E-state index is 13.3. The number of carbonyl (C=O) groups is 2. The van der Waals surface area contributed by atoms with E-state index in [0.29, 0.717) is 24.0 Å². The Kier molecular flexibility index (Phi) is 6.01. The van der Waals surface area contributed by atoms with Crippen molar-refractivity contribution >= 4 is 29.0 Å². The topological polar surface area (TPSA) is 91.6 Å². The number of hydrogen-bond donors (Lipinski definition) is 2. The summed E-state index contributed by atoms with van der Waals surface area (Å²) in [4.78, 5) is 33.9. The Labute approximate surface area is 178 Å². The fourth-order valence-corrected chi connectivity index (χ4v) is 3.95. The summed E-state index contributed by atoms with van der Waals surface area (Å²) in [6, 6.07) is 9.88. The first-order chi connectivity index (χ1) is 14.1. The molecule has 160 valence electrons. The second-order valence-corrected chi connectivity index (χ2v) is 8.66. The molecule has 7 heteroatoms. The van der Waals surface area contributed by atoms with Crippen LogP contribution in [-0.2, 0) is 15.1 Å². The predicted octanol–water partition coefficient (Wildman–Crippen LogP) is 3.15. The Bertz CT molecular complexity index is 958. The highest BCUT2D eigenvalue weighted by atomic mass is 16.2. The third-order valence-electron chi connectivity index (χ3n) is 6.01. The van der Waals surface area contributed by atoms with Gasteiger partial charge < -0.3 is 20.9 Å². The Morgan fingerprint density at radius 1 is 1.30 bits per heavy atom. The normalized spacial score (nSPS) is 21.2. The van der Waals surface area contributed by atoms with Gasteiger partial charge in [-0.05, 0) is 61.9 Å². The van der Waals surface area contributed by atoms with Gasteiger partial charge in [-0.15, -0.1) is 0 Å². The fourth-order valence-electron chi connectivity index (χ4n) is 3.95. The first kappa shape index (κ1) is 21.6. The summed E-state index contributed by atoms with van der Waals surface area (Å²) in [7, 11) is 3.98. The molecule has 1 aromatic carbocycles. The van der Waals surface area contributed by atoms with E-state index in [-0.39, 0.29) is 0 Å². The number of piperidine rings is 1. The Hall–Kier alpha value is -3.09. The van der Waals surface area contributed by atoms with E-state index in [4.69, 9.17) is 5.73 Å². The first-order valence-corrected chi connectivity index (χ1v) is 10.2. The number of aryl methyl sites for hydroxylation is 1. The van der Waals surface area contributed by atoms with Gasteiger partial charge in [-0.25, -0.2) is 4.98 Å². The molecule has 0 unspecified atom stereocenters. The second kappa shape index (κ2) is 8.34. The van der Waals surface area contributed by atoms with Gasteiger partial charge in [0.15, 0.2) is 0 Å². The molecule has 1 aromatic heterocycles. The molecule has 2 heterocycles. The van der Waals surface area contributed by atoms with E-state index in [1.54, 1.807) is 17.9 Å². The van der Waals surface area contributed by atoms with Crippen LogP contribution in [0.2, 0.25) is 0 Å². The zero-order chi connectivity index (χ0) is 22.1. The molecule has 1 aliphatic heterocycles. The summed E-state index contributed by atoms with van der Waals surface area (Å²) >= 11 is 0. The highest BCUT2D eigenvalue weighted by Crippen LogP contribution is 2.40. The molecule has 0 bridgehead atoms. The van der Waals surface area contributed by atoms with Crippen molar-refractivity contribution in [1.29, 1.82) is 0 Å². The van der Waals surface area contributed by atoms with Crippen molar-refractivity contribution in [3.8, 4) is 0 Å². The van der Waals surface area contributed by atoms with Gasteiger partial charge in [0.1, 0.15) is 5.82 Å². The van der Waals surface area contributed by atoms with Gasteiger partial charge in [0.05, 0.1) is 17.4 Å². The number of anilines is 3. The molecule has 2 aromatic rings. The van der Waals surface area contributed by atoms with Crippen LogP contribution in [0.1, 0.15) is 37.8 Å². The van der Waals surface area contributed by atoms with Gasteiger partial charge >= 0.3 is 11.8 Å². The van der Waals surface area contributed by atoms with E-state index in [1.165, 1.54) is 6.20 Å². The number of hydrogen-bond acceptors (Lipinski definition) is 5. The van der Waals surface area contributed by atoms with E-state index in [1.807, 2.05) is 44.1 Å². The van der Waals surface area contributed by atoms with Crippen molar-refractivity contribution in [2.75, 3.05) is 36.6 Å². The highest BCUT2D eigenvalue weighted by Gasteiger charge is 2.43. The van der Waals surface area contributed by atoms with E-state index in [2.05, 4.69) is 23.3 Å². The average Bonchev–Trinajstić information content (AvgIpc) is 2.72. The van der Waals surface area contributed by atoms with Crippen molar-refractivity contribution in [3.05, 3.63) is 47.7 Å². The van der Waals surface area contributed by atoms with E-state index in [0.717, 1.165) is 29.7 Å². The number of carbonyl (C=O) groups excluding carboxylic acids is 2. The van der Waals surface area contributed by atoms with Crippen LogP contribution in [0.25, 0.3) is 0 Å². The predicted molar refractivity (Wildman–Crippen MR) is 120 cm³/mol. The number of likely N-dealkylation sites (tertiary alicyclic amines) is 1. The number of benzene rings is 1. The van der Waals surface area contributed by atoms with Crippen molar-refractivity contribution in [3.63, 3.8) is 0 Å². The van der Waals surface area contributed by atoms with Gasteiger partial charge in [0, 0.05) is 26.3 Å². The van der Waals surface area contributed by atoms with Crippen LogP contribution >= 0.6 is 0 Å². The number of nitrogens with two attached hydrogens (primary N) is 1. The van der Waals surface area contributed by atoms with Gasteiger partial charge in [0.2, 0.25) is 0 Å². The zero-order valence-electron chi connectivity index (χ0n) is 18.4. The number of nitrogen functional groups attached to an aromatic ring is 1. The van der Waals surface area contributed by atoms with Crippen molar-refractivity contribution in [1.82, 2.24) is 9.88 Å². The number of amides is 2. The summed E-state index contributed by atoms with van der Waals surface area (Å²) in [6.07, 6.45) is 3.26. The van der Waals surface area contributed by atoms with Crippen LogP contribution in [0.15, 0.2) is 36.5 Å². The van der Waals surface area contributed by atoms with Crippen LogP contribution in [-0.4, -0.2) is 42.3 Å². The lowest BCUT2D eigenvalue weighted by Crippen LogP contribution is -2.55. The summed E-state index contributed by atoms with van der Waals surface area (Å²) in [5.74, 6) is -0.469. The molecule has 1 saturated heterocycles. The molecule has 0 saturated carbocycles. The largest absolute Gasteiger partial charge is 0.383 e. The zero-order valence-corrected chi connectivity index (χ0v) is 18.4. The standard InChI is InChI=1S/C23H31N5O2/c1-15-9-10-23(3,17-7-6-8-19(12-17)27(4)5)28(14-15)22(30)21(29)26-18-11-16(2)20(24)25-13-18/h6-8,11-13,15H,9-10,14H2,1-5H3,(H2,24,25)(H,26,29)/t15-,23-/m0/s1. The lowest BCUT2D eigenvalue weighted by molar-refractivity contribution is -0.150. The quantitative estimate of drug-likeness (QED) is 0.760. The lowest BCUT2D eigenvalue weighted by Gasteiger charge is -2.47. The molecule has 0 aliphatic carbocycles. The first-order valence-electron chi connectivity index (χ1n) is 10.2. The summed E-state index contributed by atoms with van der Waals surface area (Å²) in [5, 5.41) is 2.68. The molecular formula is C23H31N5O2. The van der Waals surface area contributed by atoms with Gasteiger partial charge in [-0.1, -0.05) is 19.1 Å². The maximum atomic E-state index is 13.3. The molecule has 3 N–H and O–H groups in total. The van der Waals surface area contributed by atoms with Crippen LogP contribution < -0.4 is 16.0 Å². The number of aromatic nitrogens is 1. The van der Waals surface area contributed by atoms with E-state index in [9.17, 15) is 9.59 Å². The number of nitrogens with zero attached hydrogens (tertiary/aromatic N) is 3. The Morgan fingerprint density at radius 3 is 2.70 bits per heavy atom. The van der Waals surface area contributed by atoms with Crippen LogP contribution in [0.3, 0.4) is 0 Å². The average molecular weight is 410 g/mol. The third-order valence-corrected chi connectivity index (χ3v) is 6.01. The monoisotopic (exact) mass is 409 g/mol. The number of pyridine rings is 1.